The highest BCUT2D eigenvalue weighted by Gasteiger charge is 2.36. The van der Waals surface area contributed by atoms with Gasteiger partial charge in [-0.15, -0.1) is 0 Å². The van der Waals surface area contributed by atoms with Crippen LogP contribution < -0.4 is 0 Å². The molecule has 0 aliphatic heterocycles. The fourth-order valence-corrected chi connectivity index (χ4v) is 3.74. The quantitative estimate of drug-likeness (QED) is 0.555. The lowest BCUT2D eigenvalue weighted by Crippen LogP contribution is -2.19. The molecule has 2 saturated carbocycles. The summed E-state index contributed by atoms with van der Waals surface area (Å²) in [5.74, 6) is 4.26. The van der Waals surface area contributed by atoms with Gasteiger partial charge in [0, 0.05) is 0 Å². The second kappa shape index (κ2) is 3.40. The average Bonchev–Trinajstić information content (AvgIpc) is 2.61. The lowest BCUT2D eigenvalue weighted by molar-refractivity contribution is 0.228. The molecule has 0 aromatic carbocycles. The summed E-state index contributed by atoms with van der Waals surface area (Å²) >= 11 is 0. The maximum atomic E-state index is 2.48. The molecule has 0 bridgehead atoms. The maximum Gasteiger partial charge on any atom is -0.0334 e. The van der Waals surface area contributed by atoms with Crippen LogP contribution in [0.3, 0.4) is 0 Å². The van der Waals surface area contributed by atoms with E-state index in [1.165, 1.54) is 25.7 Å². The van der Waals surface area contributed by atoms with Crippen molar-refractivity contribution in [2.45, 2.75) is 52.4 Å². The fraction of sp³-hybridized carbons (Fsp3) is 1.00. The molecule has 2 aliphatic rings. The Balaban J connectivity index is 1.99. The van der Waals surface area contributed by atoms with Crippen LogP contribution >= 0.6 is 0 Å². The largest absolute Gasteiger partial charge is 0.0622 e. The third-order valence-corrected chi connectivity index (χ3v) is 4.34. The summed E-state index contributed by atoms with van der Waals surface area (Å²) in [6.45, 7) is 4.96. The van der Waals surface area contributed by atoms with Crippen LogP contribution in [-0.4, -0.2) is 0 Å². The normalized spacial score (nSPS) is 39.5. The van der Waals surface area contributed by atoms with Crippen molar-refractivity contribution >= 4 is 0 Å². The molecule has 0 saturated heterocycles. The SMILES string of the molecule is C[C@H]1CC[C@H](C)C1C1CCCC1. The minimum atomic E-state index is 1.03. The highest BCUT2D eigenvalue weighted by molar-refractivity contribution is 4.87. The van der Waals surface area contributed by atoms with Gasteiger partial charge in [-0.2, -0.15) is 0 Å². The van der Waals surface area contributed by atoms with Crippen molar-refractivity contribution in [3.63, 3.8) is 0 Å². The molecule has 0 amide bonds. The van der Waals surface area contributed by atoms with E-state index < -0.39 is 0 Å². The summed E-state index contributed by atoms with van der Waals surface area (Å²) < 4.78 is 0. The Kier molecular flexibility index (Phi) is 2.43. The molecule has 2 rings (SSSR count). The van der Waals surface area contributed by atoms with E-state index in [2.05, 4.69) is 13.8 Å². The van der Waals surface area contributed by atoms with Gasteiger partial charge in [0.15, 0.2) is 0 Å². The molecule has 0 N–H and O–H groups in total. The van der Waals surface area contributed by atoms with Crippen molar-refractivity contribution in [3.05, 3.63) is 0 Å². The third kappa shape index (κ3) is 1.41. The van der Waals surface area contributed by atoms with Crippen LogP contribution in [0.1, 0.15) is 52.4 Å². The molecule has 0 aromatic rings. The van der Waals surface area contributed by atoms with E-state index in [4.69, 9.17) is 0 Å². The van der Waals surface area contributed by atoms with Gasteiger partial charge in [0.25, 0.3) is 0 Å². The first kappa shape index (κ1) is 8.59. The van der Waals surface area contributed by atoms with Crippen molar-refractivity contribution in [2.24, 2.45) is 23.7 Å². The van der Waals surface area contributed by atoms with E-state index >= 15 is 0 Å². The zero-order valence-corrected chi connectivity index (χ0v) is 8.55. The van der Waals surface area contributed by atoms with Crippen LogP contribution in [0.15, 0.2) is 0 Å². The zero-order chi connectivity index (χ0) is 8.55. The van der Waals surface area contributed by atoms with Crippen molar-refractivity contribution in [1.82, 2.24) is 0 Å². The second-order valence-corrected chi connectivity index (χ2v) is 5.15. The maximum absolute atomic E-state index is 2.48. The molecular weight excluding hydrogens is 144 g/mol. The van der Waals surface area contributed by atoms with Crippen molar-refractivity contribution in [2.75, 3.05) is 0 Å². The monoisotopic (exact) mass is 166 g/mol. The lowest BCUT2D eigenvalue weighted by atomic mass is 9.79. The Morgan fingerprint density at radius 3 is 1.75 bits per heavy atom. The van der Waals surface area contributed by atoms with Crippen molar-refractivity contribution in [1.29, 1.82) is 0 Å². The van der Waals surface area contributed by atoms with E-state index in [1.807, 2.05) is 0 Å². The Labute approximate surface area is 76.7 Å². The van der Waals surface area contributed by atoms with Crippen LogP contribution in [0.2, 0.25) is 0 Å². The van der Waals surface area contributed by atoms with E-state index in [0.717, 1.165) is 23.7 Å². The Morgan fingerprint density at radius 1 is 0.750 bits per heavy atom. The van der Waals surface area contributed by atoms with E-state index in [-0.39, 0.29) is 0 Å². The van der Waals surface area contributed by atoms with Gasteiger partial charge in [0.05, 0.1) is 0 Å². The first-order valence-corrected chi connectivity index (χ1v) is 5.79. The average molecular weight is 166 g/mol. The number of hydrogen-bond donors (Lipinski definition) is 0. The second-order valence-electron chi connectivity index (χ2n) is 5.15. The van der Waals surface area contributed by atoms with Crippen LogP contribution in [0.4, 0.5) is 0 Å². The molecule has 0 unspecified atom stereocenters. The molecule has 2 fully saturated rings. The summed E-state index contributed by atoms with van der Waals surface area (Å²) in [5, 5.41) is 0. The zero-order valence-electron chi connectivity index (χ0n) is 8.55. The molecule has 0 heterocycles. The van der Waals surface area contributed by atoms with Gasteiger partial charge in [-0.3, -0.25) is 0 Å². The van der Waals surface area contributed by atoms with E-state index in [0.29, 0.717) is 0 Å². The highest BCUT2D eigenvalue weighted by atomic mass is 14.4. The first-order chi connectivity index (χ1) is 5.79. The summed E-state index contributed by atoms with van der Waals surface area (Å²) in [5.41, 5.74) is 0. The van der Waals surface area contributed by atoms with E-state index in [9.17, 15) is 0 Å². The van der Waals surface area contributed by atoms with Gasteiger partial charge >= 0.3 is 0 Å². The molecule has 0 aromatic heterocycles. The Bertz CT molecular complexity index is 134. The standard InChI is InChI=1S/C12H22/c1-9-7-8-10(2)12(9)11-5-3-4-6-11/h9-12H,3-8H2,1-2H3/t9-,10-/m0/s1. The lowest BCUT2D eigenvalue weighted by Gasteiger charge is -2.26. The summed E-state index contributed by atoms with van der Waals surface area (Å²) in [7, 11) is 0. The molecule has 2 atom stereocenters. The van der Waals surface area contributed by atoms with Crippen molar-refractivity contribution in [3.8, 4) is 0 Å². The van der Waals surface area contributed by atoms with Crippen molar-refractivity contribution < 1.29 is 0 Å². The topological polar surface area (TPSA) is 0 Å². The third-order valence-electron chi connectivity index (χ3n) is 4.34. The predicted molar refractivity (Wildman–Crippen MR) is 53.0 cm³/mol. The minimum absolute atomic E-state index is 1.03. The molecule has 0 spiro atoms. The van der Waals surface area contributed by atoms with Gasteiger partial charge in [0.1, 0.15) is 0 Å². The number of rotatable bonds is 1. The van der Waals surface area contributed by atoms with Crippen LogP contribution in [-0.2, 0) is 0 Å². The first-order valence-electron chi connectivity index (χ1n) is 5.79. The molecular formula is C12H22. The molecule has 12 heavy (non-hydrogen) atoms. The predicted octanol–water partition coefficient (Wildman–Crippen LogP) is 3.86. The van der Waals surface area contributed by atoms with Gasteiger partial charge in [0.2, 0.25) is 0 Å². The van der Waals surface area contributed by atoms with Gasteiger partial charge < -0.3 is 0 Å². The molecule has 2 aliphatic carbocycles. The van der Waals surface area contributed by atoms with Gasteiger partial charge in [-0.1, -0.05) is 52.4 Å². The van der Waals surface area contributed by atoms with Gasteiger partial charge in [-0.25, -0.2) is 0 Å². The fourth-order valence-electron chi connectivity index (χ4n) is 3.74. The number of hydrogen-bond acceptors (Lipinski definition) is 0. The van der Waals surface area contributed by atoms with Gasteiger partial charge in [-0.05, 0) is 23.7 Å². The van der Waals surface area contributed by atoms with E-state index in [1.54, 1.807) is 12.8 Å². The molecule has 0 nitrogen and oxygen atoms in total. The molecule has 0 radical (unpaired) electrons. The summed E-state index contributed by atoms with van der Waals surface area (Å²) in [6.07, 6.45) is 9.12. The summed E-state index contributed by atoms with van der Waals surface area (Å²) in [6, 6.07) is 0. The van der Waals surface area contributed by atoms with Crippen LogP contribution in [0, 0.1) is 23.7 Å². The minimum Gasteiger partial charge on any atom is -0.0622 e. The van der Waals surface area contributed by atoms with Crippen LogP contribution in [0.25, 0.3) is 0 Å². The Hall–Kier alpha value is 0. The summed E-state index contributed by atoms with van der Waals surface area (Å²) in [4.78, 5) is 0. The van der Waals surface area contributed by atoms with Crippen LogP contribution in [0.5, 0.6) is 0 Å². The Morgan fingerprint density at radius 2 is 1.25 bits per heavy atom. The highest BCUT2D eigenvalue weighted by Crippen LogP contribution is 2.46. The smallest absolute Gasteiger partial charge is 0.0334 e. The molecule has 0 heteroatoms. The molecule has 70 valence electrons.